The van der Waals surface area contributed by atoms with E-state index >= 15 is 0 Å². The molecule has 13 nitrogen and oxygen atoms in total. The van der Waals surface area contributed by atoms with Crippen LogP contribution in [-0.2, 0) is 38.9 Å². The summed E-state index contributed by atoms with van der Waals surface area (Å²) < 4.78 is 40.5. The highest BCUT2D eigenvalue weighted by Crippen LogP contribution is 2.34. The average molecular weight is 759 g/mol. The maximum atomic E-state index is 13.7. The van der Waals surface area contributed by atoms with Crippen molar-refractivity contribution in [1.29, 1.82) is 0 Å². The molecule has 1 fully saturated rings. The average Bonchev–Trinajstić information content (AvgIpc) is 3.22. The number of likely N-dealkylation sites (tertiary alicyclic amines) is 1. The van der Waals surface area contributed by atoms with Gasteiger partial charge < -0.3 is 42.9 Å². The van der Waals surface area contributed by atoms with Crippen LogP contribution in [0.25, 0.3) is 0 Å². The summed E-state index contributed by atoms with van der Waals surface area (Å²) in [6.07, 6.45) is 1.85. The Hall–Kier alpha value is -5.37. The predicted octanol–water partition coefficient (Wildman–Crippen LogP) is 7.03. The second-order valence-electron chi connectivity index (χ2n) is 13.0. The van der Waals surface area contributed by atoms with Crippen LogP contribution in [0.1, 0.15) is 57.8 Å². The molecule has 0 saturated carbocycles. The van der Waals surface area contributed by atoms with Crippen molar-refractivity contribution in [3.63, 3.8) is 0 Å². The number of hydrogen-bond acceptors (Lipinski definition) is 11. The molecular formula is C42H50N2O11. The van der Waals surface area contributed by atoms with Gasteiger partial charge in [0.25, 0.3) is 11.0 Å². The molecule has 0 spiro atoms. The first-order valence-corrected chi connectivity index (χ1v) is 18.4. The Kier molecular flexibility index (Phi) is 16.0. The SMILES string of the molecule is COCCCOc1cc(CO[C@H]2CN(C(=O)c3ccc(CO[N+](=O)[O-])cc3)CCC2c2ccc(OCCCOCc3ccccc3OC)cc2)cc(OC)c1. The van der Waals surface area contributed by atoms with Gasteiger partial charge in [0, 0.05) is 62.8 Å². The summed E-state index contributed by atoms with van der Waals surface area (Å²) >= 11 is 0. The molecular weight excluding hydrogens is 708 g/mol. The Morgan fingerprint density at radius 3 is 2.22 bits per heavy atom. The minimum absolute atomic E-state index is 0.0125. The molecule has 294 valence electrons. The van der Waals surface area contributed by atoms with Gasteiger partial charge in [-0.25, -0.2) is 0 Å². The van der Waals surface area contributed by atoms with Crippen molar-refractivity contribution in [3.05, 3.63) is 129 Å². The summed E-state index contributed by atoms with van der Waals surface area (Å²) in [7, 11) is 4.93. The molecule has 0 N–H and O–H groups in total. The second-order valence-corrected chi connectivity index (χ2v) is 13.0. The third-order valence-electron chi connectivity index (χ3n) is 9.25. The first-order valence-electron chi connectivity index (χ1n) is 18.4. The number of amides is 1. The van der Waals surface area contributed by atoms with E-state index in [1.807, 2.05) is 54.6 Å². The fourth-order valence-corrected chi connectivity index (χ4v) is 6.38. The fraction of sp³-hybridized carbons (Fsp3) is 0.405. The minimum atomic E-state index is -0.838. The van der Waals surface area contributed by atoms with E-state index in [2.05, 4.69) is 17.0 Å². The third kappa shape index (κ3) is 12.6. The number of rotatable bonds is 22. The van der Waals surface area contributed by atoms with Crippen LogP contribution < -0.4 is 18.9 Å². The van der Waals surface area contributed by atoms with Crippen LogP contribution in [0.3, 0.4) is 0 Å². The molecule has 1 saturated heterocycles. The van der Waals surface area contributed by atoms with Crippen molar-refractivity contribution >= 4 is 5.91 Å². The van der Waals surface area contributed by atoms with Gasteiger partial charge in [-0.3, -0.25) is 4.79 Å². The molecule has 1 amide bonds. The lowest BCUT2D eigenvalue weighted by molar-refractivity contribution is -0.763. The van der Waals surface area contributed by atoms with Gasteiger partial charge in [-0.1, -0.05) is 42.5 Å². The monoisotopic (exact) mass is 758 g/mol. The van der Waals surface area contributed by atoms with E-state index in [4.69, 9.17) is 33.2 Å². The van der Waals surface area contributed by atoms with Gasteiger partial charge in [0.1, 0.15) is 29.6 Å². The summed E-state index contributed by atoms with van der Waals surface area (Å²) in [6, 6.07) is 28.2. The van der Waals surface area contributed by atoms with Crippen LogP contribution >= 0.6 is 0 Å². The summed E-state index contributed by atoms with van der Waals surface area (Å²) in [5.74, 6) is 2.78. The van der Waals surface area contributed by atoms with Crippen LogP contribution in [-0.4, -0.2) is 82.8 Å². The number of carbonyl (C=O) groups excluding carboxylic acids is 1. The van der Waals surface area contributed by atoms with Crippen molar-refractivity contribution < 1.29 is 47.9 Å². The molecule has 0 radical (unpaired) electrons. The smallest absolute Gasteiger partial charge is 0.294 e. The number of hydrogen-bond donors (Lipinski definition) is 0. The van der Waals surface area contributed by atoms with Crippen molar-refractivity contribution in [2.24, 2.45) is 0 Å². The summed E-state index contributed by atoms with van der Waals surface area (Å²) in [4.78, 5) is 30.5. The molecule has 4 aromatic rings. The lowest BCUT2D eigenvalue weighted by atomic mass is 9.86. The number of para-hydroxylation sites is 1. The highest BCUT2D eigenvalue weighted by molar-refractivity contribution is 5.94. The number of benzene rings is 4. The molecule has 1 aliphatic rings. The molecule has 0 aliphatic carbocycles. The quantitative estimate of drug-likeness (QED) is 0.0464. The topological polar surface area (TPSA) is 137 Å². The van der Waals surface area contributed by atoms with Crippen LogP contribution in [0.15, 0.2) is 91.0 Å². The number of piperidine rings is 1. The molecule has 4 aromatic carbocycles. The molecule has 1 heterocycles. The van der Waals surface area contributed by atoms with E-state index in [9.17, 15) is 14.9 Å². The van der Waals surface area contributed by atoms with E-state index in [0.717, 1.165) is 41.0 Å². The highest BCUT2D eigenvalue weighted by Gasteiger charge is 2.34. The Labute approximate surface area is 322 Å². The first kappa shape index (κ1) is 40.8. The molecule has 5 rings (SSSR count). The number of ether oxygens (including phenoxy) is 7. The fourth-order valence-electron chi connectivity index (χ4n) is 6.38. The van der Waals surface area contributed by atoms with E-state index in [-0.39, 0.29) is 31.1 Å². The van der Waals surface area contributed by atoms with E-state index in [1.165, 1.54) is 0 Å². The largest absolute Gasteiger partial charge is 0.497 e. The molecule has 13 heteroatoms. The van der Waals surface area contributed by atoms with E-state index in [0.29, 0.717) is 75.2 Å². The summed E-state index contributed by atoms with van der Waals surface area (Å²) in [5.41, 5.74) is 4.06. The third-order valence-corrected chi connectivity index (χ3v) is 9.25. The van der Waals surface area contributed by atoms with Gasteiger partial charge in [0.05, 0.1) is 53.4 Å². The van der Waals surface area contributed by atoms with Crippen LogP contribution in [0.2, 0.25) is 0 Å². The zero-order chi connectivity index (χ0) is 38.8. The summed E-state index contributed by atoms with van der Waals surface area (Å²) in [5, 5.41) is 9.76. The Balaban J connectivity index is 1.22. The number of carbonyl (C=O) groups is 1. The Morgan fingerprint density at radius 2 is 1.49 bits per heavy atom. The highest BCUT2D eigenvalue weighted by atomic mass is 16.9. The van der Waals surface area contributed by atoms with Gasteiger partial charge in [0.15, 0.2) is 0 Å². The van der Waals surface area contributed by atoms with Crippen molar-refractivity contribution in [2.75, 3.05) is 60.8 Å². The standard InChI is InChI=1S/C42H50N2O11/c1-48-20-6-22-53-38-25-32(24-37(26-38)49-2)28-54-41-27-43(42(45)34-12-10-31(11-13-34)29-55-44(46)47)19-18-39(41)33-14-16-36(17-15-33)52-23-7-21-51-30-35-8-4-5-9-40(35)50-3/h4-5,8-17,24-26,39,41H,6-7,18-23,27-30H2,1-3H3/t39?,41-/m0/s1. The van der Waals surface area contributed by atoms with Crippen LogP contribution in [0.4, 0.5) is 0 Å². The Bertz CT molecular complexity index is 1790. The van der Waals surface area contributed by atoms with Crippen molar-refractivity contribution in [3.8, 4) is 23.0 Å². The van der Waals surface area contributed by atoms with Gasteiger partial charge in [-0.15, -0.1) is 10.1 Å². The molecule has 0 bridgehead atoms. The van der Waals surface area contributed by atoms with Crippen LogP contribution in [0, 0.1) is 10.1 Å². The van der Waals surface area contributed by atoms with Gasteiger partial charge in [0.2, 0.25) is 0 Å². The maximum Gasteiger partial charge on any atom is 0.294 e. The number of methoxy groups -OCH3 is 3. The summed E-state index contributed by atoms with van der Waals surface area (Å²) in [6.45, 7) is 3.64. The molecule has 2 atom stereocenters. The molecule has 1 unspecified atom stereocenters. The lowest BCUT2D eigenvalue weighted by Gasteiger charge is -2.39. The Morgan fingerprint density at radius 1 is 0.764 bits per heavy atom. The van der Waals surface area contributed by atoms with Gasteiger partial charge >= 0.3 is 0 Å². The second kappa shape index (κ2) is 21.5. The lowest BCUT2D eigenvalue weighted by Crippen LogP contribution is -2.46. The van der Waals surface area contributed by atoms with Crippen molar-refractivity contribution in [1.82, 2.24) is 4.90 Å². The normalized spacial score (nSPS) is 15.3. The van der Waals surface area contributed by atoms with E-state index < -0.39 is 5.09 Å². The minimum Gasteiger partial charge on any atom is -0.497 e. The first-order chi connectivity index (χ1) is 26.9. The van der Waals surface area contributed by atoms with Gasteiger partial charge in [-0.2, -0.15) is 0 Å². The maximum absolute atomic E-state index is 13.7. The van der Waals surface area contributed by atoms with Gasteiger partial charge in [-0.05, 0) is 65.6 Å². The zero-order valence-electron chi connectivity index (χ0n) is 31.7. The molecule has 0 aromatic heterocycles. The predicted molar refractivity (Wildman–Crippen MR) is 204 cm³/mol. The van der Waals surface area contributed by atoms with Crippen LogP contribution in [0.5, 0.6) is 23.0 Å². The molecule has 55 heavy (non-hydrogen) atoms. The van der Waals surface area contributed by atoms with Crippen molar-refractivity contribution in [2.45, 2.75) is 51.1 Å². The molecule has 1 aliphatic heterocycles. The zero-order valence-corrected chi connectivity index (χ0v) is 31.7. The van der Waals surface area contributed by atoms with E-state index in [1.54, 1.807) is 50.5 Å². The number of nitrogens with zero attached hydrogens (tertiary/aromatic N) is 2.